The molecule has 0 unspecified atom stereocenters. The molecule has 0 aromatic carbocycles. The highest BCUT2D eigenvalue weighted by atomic mass is 16.1. The summed E-state index contributed by atoms with van der Waals surface area (Å²) in [6.07, 6.45) is 1.17. The zero-order valence-corrected chi connectivity index (χ0v) is 6.27. The molecule has 5 heteroatoms. The van der Waals surface area contributed by atoms with Gasteiger partial charge in [0.1, 0.15) is 18.5 Å². The van der Waals surface area contributed by atoms with Gasteiger partial charge in [0.15, 0.2) is 11.4 Å². The maximum Gasteiger partial charge on any atom is 0.229 e. The van der Waals surface area contributed by atoms with Crippen LogP contribution in [0.1, 0.15) is 23.1 Å². The maximum atomic E-state index is 10.8. The number of nitrogens with zero attached hydrogens (tertiary/aromatic N) is 4. The third kappa shape index (κ3) is 1.04. The van der Waals surface area contributed by atoms with Gasteiger partial charge >= 0.3 is 0 Å². The Bertz CT molecular complexity index is 404. The molecule has 0 radical (unpaired) electrons. The third-order valence-corrected chi connectivity index (χ3v) is 1.32. The van der Waals surface area contributed by atoms with Crippen LogP contribution in [0.5, 0.6) is 0 Å². The Morgan fingerprint density at radius 3 is 2.67 bits per heavy atom. The van der Waals surface area contributed by atoms with Crippen molar-refractivity contribution in [2.24, 2.45) is 0 Å². The van der Waals surface area contributed by atoms with Crippen LogP contribution in [0.15, 0.2) is 6.33 Å². The van der Waals surface area contributed by atoms with Gasteiger partial charge in [-0.15, -0.1) is 0 Å². The van der Waals surface area contributed by atoms with Crippen LogP contribution < -0.4 is 0 Å². The first-order valence-corrected chi connectivity index (χ1v) is 3.09. The predicted molar refractivity (Wildman–Crippen MR) is 38.0 cm³/mol. The van der Waals surface area contributed by atoms with E-state index in [4.69, 9.17) is 10.5 Å². The van der Waals surface area contributed by atoms with E-state index in [1.54, 1.807) is 12.1 Å². The van der Waals surface area contributed by atoms with Gasteiger partial charge < -0.3 is 0 Å². The first-order chi connectivity index (χ1) is 5.70. The molecule has 5 nitrogen and oxygen atoms in total. The van der Waals surface area contributed by atoms with Gasteiger partial charge in [0.2, 0.25) is 5.91 Å². The Morgan fingerprint density at radius 1 is 1.58 bits per heavy atom. The molecule has 0 fully saturated rings. The van der Waals surface area contributed by atoms with E-state index in [9.17, 15) is 4.79 Å². The van der Waals surface area contributed by atoms with E-state index < -0.39 is 0 Å². The number of hydrogen-bond acceptors (Lipinski definition) is 4. The van der Waals surface area contributed by atoms with Crippen LogP contribution in [0.2, 0.25) is 0 Å². The molecule has 0 spiro atoms. The summed E-state index contributed by atoms with van der Waals surface area (Å²) in [7, 11) is 0. The van der Waals surface area contributed by atoms with Crippen molar-refractivity contribution in [1.82, 2.24) is 9.55 Å². The van der Waals surface area contributed by atoms with Crippen molar-refractivity contribution >= 4 is 5.91 Å². The molecule has 12 heavy (non-hydrogen) atoms. The van der Waals surface area contributed by atoms with Crippen LogP contribution >= 0.6 is 0 Å². The molecular formula is C7H4N4O. The summed E-state index contributed by atoms with van der Waals surface area (Å²) in [6, 6.07) is 3.45. The van der Waals surface area contributed by atoms with Crippen molar-refractivity contribution in [2.45, 2.75) is 6.92 Å². The summed E-state index contributed by atoms with van der Waals surface area (Å²) in [4.78, 5) is 14.4. The number of imidazole rings is 1. The van der Waals surface area contributed by atoms with E-state index in [1.807, 2.05) is 0 Å². The van der Waals surface area contributed by atoms with Crippen molar-refractivity contribution in [1.29, 1.82) is 10.5 Å². The van der Waals surface area contributed by atoms with E-state index in [0.29, 0.717) is 0 Å². The van der Waals surface area contributed by atoms with Crippen molar-refractivity contribution in [2.75, 3.05) is 0 Å². The number of carbonyl (C=O) groups excluding carboxylic acids is 1. The quantitative estimate of drug-likeness (QED) is 0.546. The second kappa shape index (κ2) is 2.85. The summed E-state index contributed by atoms with van der Waals surface area (Å²) < 4.78 is 1.04. The van der Waals surface area contributed by atoms with Crippen molar-refractivity contribution in [3.63, 3.8) is 0 Å². The normalized spacial score (nSPS) is 8.58. The third-order valence-electron chi connectivity index (χ3n) is 1.32. The van der Waals surface area contributed by atoms with Gasteiger partial charge in [0.25, 0.3) is 0 Å². The van der Waals surface area contributed by atoms with E-state index in [0.717, 1.165) is 4.57 Å². The minimum Gasteiger partial charge on any atom is -0.274 e. The molecule has 0 atom stereocenters. The number of carbonyl (C=O) groups is 1. The SMILES string of the molecule is CC(=O)n1cnc(C#N)c1C#N. The van der Waals surface area contributed by atoms with E-state index >= 15 is 0 Å². The lowest BCUT2D eigenvalue weighted by Gasteiger charge is -1.93. The lowest BCUT2D eigenvalue weighted by Crippen LogP contribution is -2.06. The van der Waals surface area contributed by atoms with Gasteiger partial charge in [-0.1, -0.05) is 0 Å². The second-order valence-corrected chi connectivity index (χ2v) is 2.05. The first-order valence-electron chi connectivity index (χ1n) is 3.09. The van der Waals surface area contributed by atoms with Gasteiger partial charge in [-0.2, -0.15) is 10.5 Å². The van der Waals surface area contributed by atoms with Crippen molar-refractivity contribution in [3.8, 4) is 12.1 Å². The lowest BCUT2D eigenvalue weighted by molar-refractivity contribution is 0.0935. The molecular weight excluding hydrogens is 156 g/mol. The average molecular weight is 160 g/mol. The molecule has 0 saturated heterocycles. The summed E-state index contributed by atoms with van der Waals surface area (Å²) in [5, 5.41) is 17.0. The molecule has 0 N–H and O–H groups in total. The highest BCUT2D eigenvalue weighted by molar-refractivity contribution is 5.78. The fourth-order valence-electron chi connectivity index (χ4n) is 0.776. The van der Waals surface area contributed by atoms with Gasteiger partial charge in [-0.25, -0.2) is 4.98 Å². The molecule has 1 aromatic heterocycles. The van der Waals surface area contributed by atoms with Crippen LogP contribution in [0.3, 0.4) is 0 Å². The molecule has 1 heterocycles. The fraction of sp³-hybridized carbons (Fsp3) is 0.143. The van der Waals surface area contributed by atoms with Crippen LogP contribution in [0, 0.1) is 22.7 Å². The summed E-state index contributed by atoms with van der Waals surface area (Å²) in [6.45, 7) is 1.30. The topological polar surface area (TPSA) is 82.5 Å². The molecule has 0 aliphatic carbocycles. The van der Waals surface area contributed by atoms with E-state index in [1.165, 1.54) is 13.3 Å². The zero-order chi connectivity index (χ0) is 9.14. The molecule has 0 bridgehead atoms. The molecule has 1 aromatic rings. The molecule has 0 aliphatic heterocycles. The highest BCUT2D eigenvalue weighted by Crippen LogP contribution is 2.03. The molecule has 0 saturated carbocycles. The Labute approximate surface area is 68.5 Å². The number of hydrogen-bond donors (Lipinski definition) is 0. The van der Waals surface area contributed by atoms with Crippen LogP contribution in [0.25, 0.3) is 0 Å². The smallest absolute Gasteiger partial charge is 0.229 e. The first kappa shape index (κ1) is 7.96. The Hall–Kier alpha value is -2.14. The standard InChI is InChI=1S/C7H4N4O/c1-5(12)11-4-10-6(2-8)7(11)3-9/h4H,1H3. The van der Waals surface area contributed by atoms with Gasteiger partial charge in [0, 0.05) is 6.92 Å². The van der Waals surface area contributed by atoms with Crippen LogP contribution in [-0.4, -0.2) is 15.5 Å². The zero-order valence-electron chi connectivity index (χ0n) is 6.27. The van der Waals surface area contributed by atoms with Crippen LogP contribution in [0.4, 0.5) is 0 Å². The number of aromatic nitrogens is 2. The summed E-state index contributed by atoms with van der Waals surface area (Å²) >= 11 is 0. The number of rotatable bonds is 0. The molecule has 0 aliphatic rings. The molecule has 0 amide bonds. The maximum absolute atomic E-state index is 10.8. The lowest BCUT2D eigenvalue weighted by atomic mass is 10.3. The summed E-state index contributed by atoms with van der Waals surface area (Å²) in [5.74, 6) is -0.333. The second-order valence-electron chi connectivity index (χ2n) is 2.05. The summed E-state index contributed by atoms with van der Waals surface area (Å²) in [5.41, 5.74) is -0.0299. The molecule has 58 valence electrons. The number of nitriles is 2. The Morgan fingerprint density at radius 2 is 2.25 bits per heavy atom. The van der Waals surface area contributed by atoms with Crippen molar-refractivity contribution < 1.29 is 4.79 Å². The fourth-order valence-corrected chi connectivity index (χ4v) is 0.776. The monoisotopic (exact) mass is 160 g/mol. The van der Waals surface area contributed by atoms with Gasteiger partial charge in [-0.3, -0.25) is 9.36 Å². The van der Waals surface area contributed by atoms with E-state index in [-0.39, 0.29) is 17.3 Å². The van der Waals surface area contributed by atoms with E-state index in [2.05, 4.69) is 4.98 Å². The predicted octanol–water partition coefficient (Wildman–Crippen LogP) is 0.287. The highest BCUT2D eigenvalue weighted by Gasteiger charge is 2.11. The minimum atomic E-state index is -0.333. The Balaban J connectivity index is 3.38. The van der Waals surface area contributed by atoms with Gasteiger partial charge in [0.05, 0.1) is 0 Å². The van der Waals surface area contributed by atoms with Crippen molar-refractivity contribution in [3.05, 3.63) is 17.7 Å². The largest absolute Gasteiger partial charge is 0.274 e. The minimum absolute atomic E-state index is 0.00926. The molecule has 1 rings (SSSR count). The van der Waals surface area contributed by atoms with Gasteiger partial charge in [-0.05, 0) is 0 Å². The Kier molecular flexibility index (Phi) is 1.89. The average Bonchev–Trinajstić information content (AvgIpc) is 2.46. The van der Waals surface area contributed by atoms with Crippen LogP contribution in [-0.2, 0) is 0 Å².